The number of anilines is 1. The third-order valence-corrected chi connectivity index (χ3v) is 4.85. The van der Waals surface area contributed by atoms with Gasteiger partial charge in [-0.15, -0.1) is 11.3 Å². The first-order valence-electron chi connectivity index (χ1n) is 5.56. The van der Waals surface area contributed by atoms with Crippen LogP contribution in [-0.2, 0) is 11.9 Å². The second-order valence-corrected chi connectivity index (χ2v) is 6.60. The zero-order valence-corrected chi connectivity index (χ0v) is 14.3. The first-order valence-corrected chi connectivity index (χ1v) is 8.36. The maximum Gasteiger partial charge on any atom is 0.0898 e. The largest absolute Gasteiger partial charge is 0.369 e. The molecule has 1 aromatic heterocycles. The third kappa shape index (κ3) is 3.33. The van der Waals surface area contributed by atoms with Gasteiger partial charge in [0.05, 0.1) is 17.2 Å². The molecule has 0 saturated carbocycles. The lowest BCUT2D eigenvalue weighted by Crippen LogP contribution is -2.16. The van der Waals surface area contributed by atoms with E-state index < -0.39 is 0 Å². The van der Waals surface area contributed by atoms with E-state index in [2.05, 4.69) is 72.4 Å². The van der Waals surface area contributed by atoms with E-state index in [1.807, 2.05) is 6.92 Å². The third-order valence-electron chi connectivity index (χ3n) is 2.69. The SMILES string of the molecule is Cc1nc(CN(C)c2ccc(CBr)c(Br)c2)cs1. The predicted octanol–water partition coefficient (Wildman–Crippen LogP) is 4.75. The lowest BCUT2D eigenvalue weighted by molar-refractivity contribution is 0.889. The van der Waals surface area contributed by atoms with Crippen molar-refractivity contribution in [3.05, 3.63) is 44.3 Å². The molecule has 0 fully saturated rings. The van der Waals surface area contributed by atoms with Crippen LogP contribution in [0.1, 0.15) is 16.3 Å². The van der Waals surface area contributed by atoms with Crippen LogP contribution in [0.4, 0.5) is 5.69 Å². The van der Waals surface area contributed by atoms with Crippen molar-refractivity contribution >= 4 is 48.9 Å². The summed E-state index contributed by atoms with van der Waals surface area (Å²) in [5.41, 5.74) is 3.58. The molecule has 0 unspecified atom stereocenters. The molecule has 0 aliphatic rings. The Morgan fingerprint density at radius 1 is 1.39 bits per heavy atom. The number of aromatic nitrogens is 1. The molecular weight excluding hydrogens is 376 g/mol. The Labute approximate surface area is 128 Å². The fourth-order valence-corrected chi connectivity index (χ4v) is 3.67. The highest BCUT2D eigenvalue weighted by Gasteiger charge is 2.07. The lowest BCUT2D eigenvalue weighted by Gasteiger charge is -2.19. The van der Waals surface area contributed by atoms with Gasteiger partial charge in [-0.25, -0.2) is 4.98 Å². The van der Waals surface area contributed by atoms with Gasteiger partial charge in [0.2, 0.25) is 0 Å². The van der Waals surface area contributed by atoms with Crippen molar-refractivity contribution in [2.45, 2.75) is 18.8 Å². The van der Waals surface area contributed by atoms with Gasteiger partial charge in [0.15, 0.2) is 0 Å². The Bertz CT molecular complexity index is 540. The molecule has 0 atom stereocenters. The molecular formula is C13H14Br2N2S. The van der Waals surface area contributed by atoms with Crippen molar-refractivity contribution in [3.63, 3.8) is 0 Å². The quantitative estimate of drug-likeness (QED) is 0.701. The van der Waals surface area contributed by atoms with Gasteiger partial charge in [0.1, 0.15) is 0 Å². The van der Waals surface area contributed by atoms with Crippen LogP contribution in [0, 0.1) is 6.92 Å². The number of hydrogen-bond donors (Lipinski definition) is 0. The minimum absolute atomic E-state index is 0.838. The van der Waals surface area contributed by atoms with Gasteiger partial charge in [-0.3, -0.25) is 0 Å². The summed E-state index contributed by atoms with van der Waals surface area (Å²) in [5, 5.41) is 4.10. The number of nitrogens with zero attached hydrogens (tertiary/aromatic N) is 2. The Kier molecular flexibility index (Phi) is 4.81. The molecule has 2 rings (SSSR count). The summed E-state index contributed by atoms with van der Waals surface area (Å²) in [4.78, 5) is 6.70. The van der Waals surface area contributed by atoms with Crippen molar-refractivity contribution in [2.24, 2.45) is 0 Å². The Balaban J connectivity index is 2.13. The van der Waals surface area contributed by atoms with Crippen LogP contribution in [-0.4, -0.2) is 12.0 Å². The lowest BCUT2D eigenvalue weighted by atomic mass is 10.2. The zero-order chi connectivity index (χ0) is 13.1. The van der Waals surface area contributed by atoms with E-state index in [0.29, 0.717) is 0 Å². The van der Waals surface area contributed by atoms with E-state index in [1.54, 1.807) is 11.3 Å². The molecule has 1 aromatic carbocycles. The van der Waals surface area contributed by atoms with Gasteiger partial charge in [0.25, 0.3) is 0 Å². The molecule has 0 amide bonds. The predicted molar refractivity (Wildman–Crippen MR) is 85.7 cm³/mol. The van der Waals surface area contributed by atoms with Gasteiger partial charge in [-0.1, -0.05) is 37.9 Å². The fourth-order valence-electron chi connectivity index (χ4n) is 1.70. The number of thiazole rings is 1. The topological polar surface area (TPSA) is 16.1 Å². The Morgan fingerprint density at radius 2 is 2.17 bits per heavy atom. The molecule has 0 aliphatic carbocycles. The standard InChI is InChI=1S/C13H14Br2N2S/c1-9-16-11(8-18-9)7-17(2)12-4-3-10(6-14)13(15)5-12/h3-5,8H,6-7H2,1-2H3. The van der Waals surface area contributed by atoms with E-state index in [0.717, 1.165) is 27.0 Å². The average molecular weight is 390 g/mol. The smallest absolute Gasteiger partial charge is 0.0898 e. The molecule has 0 aliphatic heterocycles. The van der Waals surface area contributed by atoms with Crippen LogP contribution in [0.2, 0.25) is 0 Å². The minimum Gasteiger partial charge on any atom is -0.369 e. The molecule has 0 bridgehead atoms. The highest BCUT2D eigenvalue weighted by atomic mass is 79.9. The average Bonchev–Trinajstić information content (AvgIpc) is 2.74. The molecule has 2 nitrogen and oxygen atoms in total. The van der Waals surface area contributed by atoms with E-state index >= 15 is 0 Å². The summed E-state index contributed by atoms with van der Waals surface area (Å²) in [7, 11) is 2.09. The van der Waals surface area contributed by atoms with Crippen molar-refractivity contribution < 1.29 is 0 Å². The molecule has 2 aromatic rings. The number of halogens is 2. The fraction of sp³-hybridized carbons (Fsp3) is 0.308. The van der Waals surface area contributed by atoms with Crippen molar-refractivity contribution in [2.75, 3.05) is 11.9 Å². The highest BCUT2D eigenvalue weighted by Crippen LogP contribution is 2.26. The van der Waals surface area contributed by atoms with Gasteiger partial charge < -0.3 is 4.90 Å². The first kappa shape index (κ1) is 14.0. The summed E-state index contributed by atoms with van der Waals surface area (Å²) in [6, 6.07) is 6.42. The maximum absolute atomic E-state index is 4.49. The van der Waals surface area contributed by atoms with Crippen LogP contribution in [0.3, 0.4) is 0 Å². The minimum atomic E-state index is 0.838. The van der Waals surface area contributed by atoms with E-state index in [4.69, 9.17) is 0 Å². The monoisotopic (exact) mass is 388 g/mol. The molecule has 5 heteroatoms. The summed E-state index contributed by atoms with van der Waals surface area (Å²) in [6.07, 6.45) is 0. The van der Waals surface area contributed by atoms with E-state index in [1.165, 1.54) is 11.3 Å². The summed E-state index contributed by atoms with van der Waals surface area (Å²) in [6.45, 7) is 2.87. The molecule has 1 heterocycles. The second-order valence-electron chi connectivity index (χ2n) is 4.12. The molecule has 18 heavy (non-hydrogen) atoms. The van der Waals surface area contributed by atoms with Gasteiger partial charge in [-0.2, -0.15) is 0 Å². The van der Waals surface area contributed by atoms with Gasteiger partial charge in [-0.05, 0) is 24.6 Å². The number of rotatable bonds is 4. The van der Waals surface area contributed by atoms with Crippen LogP contribution >= 0.6 is 43.2 Å². The Hall–Kier alpha value is -0.390. The van der Waals surface area contributed by atoms with E-state index in [-0.39, 0.29) is 0 Å². The van der Waals surface area contributed by atoms with Crippen LogP contribution in [0.5, 0.6) is 0 Å². The highest BCUT2D eigenvalue weighted by molar-refractivity contribution is 9.10. The molecule has 0 saturated heterocycles. The number of aryl methyl sites for hydroxylation is 1. The maximum atomic E-state index is 4.49. The molecule has 0 N–H and O–H groups in total. The summed E-state index contributed by atoms with van der Waals surface area (Å²) < 4.78 is 1.14. The summed E-state index contributed by atoms with van der Waals surface area (Å²) >= 11 is 8.77. The summed E-state index contributed by atoms with van der Waals surface area (Å²) in [5.74, 6) is 0. The van der Waals surface area contributed by atoms with Crippen molar-refractivity contribution in [3.8, 4) is 0 Å². The van der Waals surface area contributed by atoms with Crippen LogP contribution in [0.15, 0.2) is 28.1 Å². The van der Waals surface area contributed by atoms with Crippen LogP contribution in [0.25, 0.3) is 0 Å². The number of benzene rings is 1. The Morgan fingerprint density at radius 3 is 2.72 bits per heavy atom. The molecule has 0 radical (unpaired) electrons. The first-order chi connectivity index (χ1) is 8.60. The van der Waals surface area contributed by atoms with Crippen molar-refractivity contribution in [1.82, 2.24) is 4.98 Å². The molecule has 0 spiro atoms. The number of hydrogen-bond acceptors (Lipinski definition) is 3. The van der Waals surface area contributed by atoms with Gasteiger partial charge in [0, 0.05) is 27.9 Å². The van der Waals surface area contributed by atoms with E-state index in [9.17, 15) is 0 Å². The van der Waals surface area contributed by atoms with Crippen LogP contribution < -0.4 is 4.90 Å². The molecule has 96 valence electrons. The normalized spacial score (nSPS) is 10.7. The zero-order valence-electron chi connectivity index (χ0n) is 10.3. The second kappa shape index (κ2) is 6.17. The number of alkyl halides is 1. The van der Waals surface area contributed by atoms with Gasteiger partial charge >= 0.3 is 0 Å². The van der Waals surface area contributed by atoms with Crippen molar-refractivity contribution in [1.29, 1.82) is 0 Å².